The maximum Gasteiger partial charge on any atom is 0.414 e. The first-order chi connectivity index (χ1) is 17.0. The van der Waals surface area contributed by atoms with Crippen LogP contribution in [0.15, 0.2) is 48.7 Å². The molecule has 5 rings (SSSR count). The van der Waals surface area contributed by atoms with Gasteiger partial charge in [0, 0.05) is 30.2 Å². The SMILES string of the molecule is N[C@@H](Cc1c[nH]c2ccccc12)C(=O)NCC1CN(c2ccc(N3CCOCC3)c(F)c2)C(=O)O1. The van der Waals surface area contributed by atoms with Crippen molar-refractivity contribution in [1.29, 1.82) is 0 Å². The van der Waals surface area contributed by atoms with Gasteiger partial charge in [0.25, 0.3) is 0 Å². The molecule has 4 N–H and O–H groups in total. The molecular weight excluding hydrogens is 453 g/mol. The van der Waals surface area contributed by atoms with E-state index >= 15 is 0 Å². The second-order valence-corrected chi connectivity index (χ2v) is 8.77. The van der Waals surface area contributed by atoms with Crippen LogP contribution in [0.25, 0.3) is 10.9 Å². The summed E-state index contributed by atoms with van der Waals surface area (Å²) in [4.78, 5) is 31.4. The van der Waals surface area contributed by atoms with Crippen LogP contribution in [0.5, 0.6) is 0 Å². The van der Waals surface area contributed by atoms with Crippen molar-refractivity contribution < 1.29 is 23.5 Å². The zero-order valence-corrected chi connectivity index (χ0v) is 19.2. The molecule has 0 saturated carbocycles. The van der Waals surface area contributed by atoms with E-state index in [9.17, 15) is 14.0 Å². The molecule has 2 fully saturated rings. The average molecular weight is 482 g/mol. The summed E-state index contributed by atoms with van der Waals surface area (Å²) < 4.78 is 25.5. The Kier molecular flexibility index (Phi) is 6.56. The number of aromatic nitrogens is 1. The van der Waals surface area contributed by atoms with E-state index < -0.39 is 24.1 Å². The van der Waals surface area contributed by atoms with Crippen LogP contribution in [0.4, 0.5) is 20.6 Å². The number of fused-ring (bicyclic) bond motifs is 1. The lowest BCUT2D eigenvalue weighted by Crippen LogP contribution is -2.45. The van der Waals surface area contributed by atoms with E-state index in [1.165, 1.54) is 11.0 Å². The largest absolute Gasteiger partial charge is 0.442 e. The second kappa shape index (κ2) is 9.93. The fourth-order valence-corrected chi connectivity index (χ4v) is 4.54. The number of nitrogens with one attached hydrogen (secondary N) is 2. The molecule has 0 radical (unpaired) electrons. The van der Waals surface area contributed by atoms with Crippen LogP contribution in [0.2, 0.25) is 0 Å². The van der Waals surface area contributed by atoms with Gasteiger partial charge >= 0.3 is 6.09 Å². The minimum absolute atomic E-state index is 0.122. The molecule has 0 spiro atoms. The number of aromatic amines is 1. The molecule has 1 aromatic heterocycles. The monoisotopic (exact) mass is 481 g/mol. The highest BCUT2D eigenvalue weighted by Crippen LogP contribution is 2.28. The molecule has 2 atom stereocenters. The Labute approximate surface area is 202 Å². The Morgan fingerprint density at radius 1 is 1.23 bits per heavy atom. The topological polar surface area (TPSA) is 113 Å². The number of hydrogen-bond acceptors (Lipinski definition) is 6. The molecule has 3 heterocycles. The van der Waals surface area contributed by atoms with Crippen LogP contribution in [0, 0.1) is 5.82 Å². The summed E-state index contributed by atoms with van der Waals surface area (Å²) in [6, 6.07) is 11.8. The number of hydrogen-bond donors (Lipinski definition) is 3. The molecule has 2 amide bonds. The normalized spacial score (nSPS) is 19.1. The van der Waals surface area contributed by atoms with Crippen LogP contribution in [0.3, 0.4) is 0 Å². The van der Waals surface area contributed by atoms with Crippen LogP contribution in [-0.2, 0) is 20.7 Å². The van der Waals surface area contributed by atoms with Gasteiger partial charge < -0.3 is 30.4 Å². The summed E-state index contributed by atoms with van der Waals surface area (Å²) in [5, 5.41) is 3.80. The van der Waals surface area contributed by atoms with Crippen molar-refractivity contribution >= 4 is 34.3 Å². The van der Waals surface area contributed by atoms with E-state index in [-0.39, 0.29) is 19.0 Å². The number of amides is 2. The molecule has 9 nitrogen and oxygen atoms in total. The van der Waals surface area contributed by atoms with Gasteiger partial charge in [-0.3, -0.25) is 9.69 Å². The predicted molar refractivity (Wildman–Crippen MR) is 130 cm³/mol. The van der Waals surface area contributed by atoms with Crippen LogP contribution >= 0.6 is 0 Å². The minimum atomic E-state index is -0.746. The van der Waals surface area contributed by atoms with Gasteiger partial charge in [-0.15, -0.1) is 0 Å². The Bertz CT molecular complexity index is 1230. The third-order valence-corrected chi connectivity index (χ3v) is 6.42. The lowest BCUT2D eigenvalue weighted by Gasteiger charge is -2.29. The number of cyclic esters (lactones) is 1. The molecule has 2 aliphatic heterocycles. The van der Waals surface area contributed by atoms with Crippen molar-refractivity contribution in [2.75, 3.05) is 49.2 Å². The number of nitrogens with two attached hydrogens (primary N) is 1. The Hall–Kier alpha value is -3.63. The smallest absolute Gasteiger partial charge is 0.414 e. The third-order valence-electron chi connectivity index (χ3n) is 6.42. The fraction of sp³-hybridized carbons (Fsp3) is 0.360. The Morgan fingerprint density at radius 3 is 2.83 bits per heavy atom. The van der Waals surface area contributed by atoms with Gasteiger partial charge in [0.15, 0.2) is 0 Å². The number of rotatable bonds is 7. The second-order valence-electron chi connectivity index (χ2n) is 8.77. The van der Waals surface area contributed by atoms with E-state index in [0.29, 0.717) is 44.1 Å². The van der Waals surface area contributed by atoms with E-state index in [0.717, 1.165) is 16.5 Å². The standard InChI is InChI=1S/C25H28FN5O4/c26-20-12-17(5-6-23(20)30-7-9-34-10-8-30)31-15-18(35-25(31)33)14-29-24(32)21(27)11-16-13-28-22-4-2-1-3-19(16)22/h1-6,12-13,18,21,28H,7-11,14-15,27H2,(H,29,32)/t18?,21-/m0/s1. The summed E-state index contributed by atoms with van der Waals surface area (Å²) in [5.74, 6) is -0.733. The molecular formula is C25H28FN5O4. The molecule has 0 aliphatic carbocycles. The number of anilines is 2. The van der Waals surface area contributed by atoms with Crippen molar-refractivity contribution in [1.82, 2.24) is 10.3 Å². The Morgan fingerprint density at radius 2 is 2.03 bits per heavy atom. The lowest BCUT2D eigenvalue weighted by molar-refractivity contribution is -0.122. The van der Waals surface area contributed by atoms with Gasteiger partial charge in [0.2, 0.25) is 5.91 Å². The third kappa shape index (κ3) is 4.94. The zero-order valence-electron chi connectivity index (χ0n) is 19.2. The first-order valence-electron chi connectivity index (χ1n) is 11.7. The number of benzene rings is 2. The molecule has 10 heteroatoms. The zero-order chi connectivity index (χ0) is 24.4. The molecule has 2 saturated heterocycles. The molecule has 2 aliphatic rings. The lowest BCUT2D eigenvalue weighted by atomic mass is 10.1. The molecule has 2 aromatic carbocycles. The predicted octanol–water partition coefficient (Wildman–Crippen LogP) is 2.15. The quantitative estimate of drug-likeness (QED) is 0.477. The number of ether oxygens (including phenoxy) is 2. The fourth-order valence-electron chi connectivity index (χ4n) is 4.54. The maximum absolute atomic E-state index is 14.8. The Balaban J connectivity index is 1.15. The van der Waals surface area contributed by atoms with E-state index in [1.807, 2.05) is 35.4 Å². The van der Waals surface area contributed by atoms with Crippen LogP contribution < -0.4 is 20.9 Å². The van der Waals surface area contributed by atoms with Crippen molar-refractivity contribution in [2.45, 2.75) is 18.6 Å². The number of carbonyl (C=O) groups excluding carboxylic acids is 2. The van der Waals surface area contributed by atoms with Gasteiger partial charge in [-0.05, 0) is 36.2 Å². The number of para-hydroxylation sites is 1. The van der Waals surface area contributed by atoms with Crippen molar-refractivity contribution in [2.24, 2.45) is 5.73 Å². The number of H-pyrrole nitrogens is 1. The summed E-state index contributed by atoms with van der Waals surface area (Å²) >= 11 is 0. The van der Waals surface area contributed by atoms with Gasteiger partial charge in [0.05, 0.1) is 43.7 Å². The number of halogens is 1. The molecule has 184 valence electrons. The van der Waals surface area contributed by atoms with Crippen LogP contribution in [-0.4, -0.2) is 68.5 Å². The molecule has 3 aromatic rings. The van der Waals surface area contributed by atoms with Crippen LogP contribution in [0.1, 0.15) is 5.56 Å². The maximum atomic E-state index is 14.8. The summed E-state index contributed by atoms with van der Waals surface area (Å²) in [6.07, 6.45) is 1.10. The van der Waals surface area contributed by atoms with Crippen molar-refractivity contribution in [3.8, 4) is 0 Å². The number of nitrogens with zero attached hydrogens (tertiary/aromatic N) is 2. The average Bonchev–Trinajstić information content (AvgIpc) is 3.46. The van der Waals surface area contributed by atoms with Crippen molar-refractivity contribution in [3.63, 3.8) is 0 Å². The van der Waals surface area contributed by atoms with Gasteiger partial charge in [-0.2, -0.15) is 0 Å². The summed E-state index contributed by atoms with van der Waals surface area (Å²) in [7, 11) is 0. The first kappa shape index (κ1) is 23.1. The number of morpholine rings is 1. The van der Waals surface area contributed by atoms with Crippen molar-refractivity contribution in [3.05, 3.63) is 60.0 Å². The molecule has 0 bridgehead atoms. The highest BCUT2D eigenvalue weighted by Gasteiger charge is 2.33. The van der Waals surface area contributed by atoms with Gasteiger partial charge in [0.1, 0.15) is 11.9 Å². The highest BCUT2D eigenvalue weighted by atomic mass is 19.1. The van der Waals surface area contributed by atoms with Gasteiger partial charge in [-0.1, -0.05) is 18.2 Å². The first-order valence-corrected chi connectivity index (χ1v) is 11.7. The molecule has 35 heavy (non-hydrogen) atoms. The summed E-state index contributed by atoms with van der Waals surface area (Å²) in [5.41, 5.74) is 8.97. The highest BCUT2D eigenvalue weighted by molar-refractivity contribution is 5.90. The van der Waals surface area contributed by atoms with E-state index in [2.05, 4.69) is 10.3 Å². The van der Waals surface area contributed by atoms with E-state index in [4.69, 9.17) is 15.2 Å². The van der Waals surface area contributed by atoms with E-state index in [1.54, 1.807) is 12.1 Å². The molecule has 1 unspecified atom stereocenters. The summed E-state index contributed by atoms with van der Waals surface area (Å²) in [6.45, 7) is 2.67. The van der Waals surface area contributed by atoms with Gasteiger partial charge in [-0.25, -0.2) is 9.18 Å². The number of carbonyl (C=O) groups is 2. The minimum Gasteiger partial charge on any atom is -0.442 e.